The summed E-state index contributed by atoms with van der Waals surface area (Å²) in [6.45, 7) is 1.88. The molecule has 2 unspecified atom stereocenters. The van der Waals surface area contributed by atoms with Gasteiger partial charge in [-0.2, -0.15) is 13.2 Å². The fourth-order valence-electron chi connectivity index (χ4n) is 3.27. The molecule has 1 amide bonds. The zero-order valence-electron chi connectivity index (χ0n) is 14.8. The van der Waals surface area contributed by atoms with Crippen molar-refractivity contribution in [2.45, 2.75) is 25.4 Å². The molecule has 1 N–H and O–H groups in total. The van der Waals surface area contributed by atoms with Gasteiger partial charge in [-0.1, -0.05) is 12.1 Å². The number of carbonyl (C=O) groups is 1. The topological polar surface area (TPSA) is 72.7 Å². The molecule has 0 bridgehead atoms. The molecule has 28 heavy (non-hydrogen) atoms. The lowest BCUT2D eigenvalue weighted by Crippen LogP contribution is -2.15. The van der Waals surface area contributed by atoms with Crippen molar-refractivity contribution in [3.8, 4) is 5.69 Å². The summed E-state index contributed by atoms with van der Waals surface area (Å²) < 4.78 is 39.5. The average molecular weight is 387 g/mol. The predicted molar refractivity (Wildman–Crippen MR) is 94.8 cm³/mol. The molecule has 2 atom stereocenters. The van der Waals surface area contributed by atoms with Gasteiger partial charge in [-0.05, 0) is 71.1 Å². The van der Waals surface area contributed by atoms with Crippen molar-refractivity contribution in [2.24, 2.45) is 5.92 Å². The highest BCUT2D eigenvalue weighted by atomic mass is 19.4. The molecule has 2 aromatic carbocycles. The van der Waals surface area contributed by atoms with E-state index >= 15 is 0 Å². The van der Waals surface area contributed by atoms with Gasteiger partial charge >= 0.3 is 6.18 Å². The molecule has 1 aromatic heterocycles. The lowest BCUT2D eigenvalue weighted by Gasteiger charge is -2.10. The second-order valence-corrected chi connectivity index (χ2v) is 6.81. The van der Waals surface area contributed by atoms with Gasteiger partial charge in [0.25, 0.3) is 0 Å². The van der Waals surface area contributed by atoms with Crippen LogP contribution in [0.25, 0.3) is 5.69 Å². The largest absolute Gasteiger partial charge is 0.416 e. The summed E-state index contributed by atoms with van der Waals surface area (Å²) in [5.41, 5.74) is 2.41. The zero-order chi connectivity index (χ0) is 19.9. The molecule has 0 aliphatic heterocycles. The highest BCUT2D eigenvalue weighted by Gasteiger charge is 2.44. The standard InChI is InChI=1S/C19H16F3N5O/c1-11-8-14(6-7-17(11)27-10-23-25-26-27)24-18(28)16-9-15(16)12-2-4-13(5-3-12)19(20,21)22/h2-8,10,15-16H,9H2,1H3,(H,24,28). The van der Waals surface area contributed by atoms with Gasteiger partial charge in [-0.25, -0.2) is 4.68 Å². The molecule has 0 saturated heterocycles. The number of aryl methyl sites for hydroxylation is 1. The Balaban J connectivity index is 1.41. The molecule has 1 fully saturated rings. The summed E-state index contributed by atoms with van der Waals surface area (Å²) in [6.07, 6.45) is -2.25. The molecule has 0 radical (unpaired) electrons. The molecule has 1 saturated carbocycles. The number of carbonyl (C=O) groups excluding carboxylic acids is 1. The minimum Gasteiger partial charge on any atom is -0.326 e. The van der Waals surface area contributed by atoms with Crippen LogP contribution in [0.3, 0.4) is 0 Å². The number of hydrogen-bond donors (Lipinski definition) is 1. The van der Waals surface area contributed by atoms with Crippen LogP contribution in [0.15, 0.2) is 48.8 Å². The first kappa shape index (κ1) is 18.1. The number of aromatic nitrogens is 4. The molecular formula is C19H16F3N5O. The van der Waals surface area contributed by atoms with Crippen LogP contribution in [0.1, 0.15) is 29.0 Å². The lowest BCUT2D eigenvalue weighted by atomic mass is 10.1. The molecule has 9 heteroatoms. The Kier molecular flexibility index (Phi) is 4.37. The summed E-state index contributed by atoms with van der Waals surface area (Å²) in [7, 11) is 0. The van der Waals surface area contributed by atoms with Gasteiger partial charge in [0, 0.05) is 11.6 Å². The van der Waals surface area contributed by atoms with Gasteiger partial charge in [-0.3, -0.25) is 4.79 Å². The van der Waals surface area contributed by atoms with Gasteiger partial charge in [0.05, 0.1) is 11.3 Å². The minimum atomic E-state index is -4.36. The normalized spacial score (nSPS) is 18.7. The summed E-state index contributed by atoms with van der Waals surface area (Å²) in [5.74, 6) is -0.431. The van der Waals surface area contributed by atoms with Crippen molar-refractivity contribution >= 4 is 11.6 Å². The van der Waals surface area contributed by atoms with E-state index in [2.05, 4.69) is 20.8 Å². The van der Waals surface area contributed by atoms with Gasteiger partial charge in [0.1, 0.15) is 6.33 Å². The van der Waals surface area contributed by atoms with Crippen molar-refractivity contribution in [1.82, 2.24) is 20.2 Å². The van der Waals surface area contributed by atoms with E-state index in [1.807, 2.05) is 19.1 Å². The van der Waals surface area contributed by atoms with Crippen LogP contribution in [-0.2, 0) is 11.0 Å². The number of amides is 1. The first-order valence-corrected chi connectivity index (χ1v) is 8.65. The number of halogens is 3. The number of hydrogen-bond acceptors (Lipinski definition) is 4. The summed E-state index contributed by atoms with van der Waals surface area (Å²) in [5, 5.41) is 13.9. The molecule has 6 nitrogen and oxygen atoms in total. The minimum absolute atomic E-state index is 0.0520. The highest BCUT2D eigenvalue weighted by molar-refractivity contribution is 5.95. The monoisotopic (exact) mass is 387 g/mol. The second-order valence-electron chi connectivity index (χ2n) is 6.81. The fraction of sp³-hybridized carbons (Fsp3) is 0.263. The van der Waals surface area contributed by atoms with Crippen molar-refractivity contribution < 1.29 is 18.0 Å². The van der Waals surface area contributed by atoms with Crippen molar-refractivity contribution in [1.29, 1.82) is 0 Å². The Labute approximate surface area is 158 Å². The number of nitrogens with one attached hydrogen (secondary N) is 1. The van der Waals surface area contributed by atoms with E-state index in [9.17, 15) is 18.0 Å². The first-order valence-electron chi connectivity index (χ1n) is 8.65. The molecule has 0 spiro atoms. The van der Waals surface area contributed by atoms with Crippen LogP contribution in [0.5, 0.6) is 0 Å². The van der Waals surface area contributed by atoms with Gasteiger partial charge in [0.15, 0.2) is 0 Å². The Morgan fingerprint density at radius 3 is 2.54 bits per heavy atom. The third kappa shape index (κ3) is 3.60. The number of tetrazole rings is 1. The van der Waals surface area contributed by atoms with E-state index in [0.717, 1.165) is 28.9 Å². The first-order chi connectivity index (χ1) is 13.3. The van der Waals surface area contributed by atoms with Crippen LogP contribution in [0, 0.1) is 12.8 Å². The van der Waals surface area contributed by atoms with Gasteiger partial charge in [-0.15, -0.1) is 5.10 Å². The van der Waals surface area contributed by atoms with Crippen LogP contribution in [0.4, 0.5) is 18.9 Å². The smallest absolute Gasteiger partial charge is 0.326 e. The molecular weight excluding hydrogens is 371 g/mol. The number of anilines is 1. The Bertz CT molecular complexity index is 999. The van der Waals surface area contributed by atoms with Crippen LogP contribution in [-0.4, -0.2) is 26.1 Å². The summed E-state index contributed by atoms with van der Waals surface area (Å²) in [4.78, 5) is 12.5. The number of nitrogens with zero attached hydrogens (tertiary/aromatic N) is 4. The Hall–Kier alpha value is -3.23. The molecule has 1 aliphatic carbocycles. The van der Waals surface area contributed by atoms with Crippen molar-refractivity contribution in [3.63, 3.8) is 0 Å². The van der Waals surface area contributed by atoms with E-state index in [0.29, 0.717) is 12.1 Å². The summed E-state index contributed by atoms with van der Waals surface area (Å²) >= 11 is 0. The third-order valence-corrected chi connectivity index (χ3v) is 4.85. The SMILES string of the molecule is Cc1cc(NC(=O)C2CC2c2ccc(C(F)(F)F)cc2)ccc1-n1cnnn1. The van der Waals surface area contributed by atoms with E-state index < -0.39 is 11.7 Å². The number of rotatable bonds is 4. The van der Waals surface area contributed by atoms with Crippen LogP contribution in [0.2, 0.25) is 0 Å². The van der Waals surface area contributed by atoms with Gasteiger partial charge in [0.2, 0.25) is 5.91 Å². The average Bonchev–Trinajstić information content (AvgIpc) is 3.28. The lowest BCUT2D eigenvalue weighted by molar-refractivity contribution is -0.137. The predicted octanol–water partition coefficient (Wildman–Crippen LogP) is 3.73. The van der Waals surface area contributed by atoms with E-state index in [-0.39, 0.29) is 17.7 Å². The quantitative estimate of drug-likeness (QED) is 0.740. The third-order valence-electron chi connectivity index (χ3n) is 4.85. The molecule has 144 valence electrons. The van der Waals surface area contributed by atoms with E-state index in [4.69, 9.17) is 0 Å². The maximum atomic E-state index is 12.7. The molecule has 1 heterocycles. The maximum Gasteiger partial charge on any atom is 0.416 e. The summed E-state index contributed by atoms with van der Waals surface area (Å²) in [6, 6.07) is 10.4. The van der Waals surface area contributed by atoms with Crippen LogP contribution >= 0.6 is 0 Å². The highest BCUT2D eigenvalue weighted by Crippen LogP contribution is 2.48. The van der Waals surface area contributed by atoms with E-state index in [1.165, 1.54) is 23.1 Å². The molecule has 3 aromatic rings. The van der Waals surface area contributed by atoms with E-state index in [1.54, 1.807) is 6.07 Å². The number of benzene rings is 2. The van der Waals surface area contributed by atoms with Crippen molar-refractivity contribution in [3.05, 3.63) is 65.5 Å². The van der Waals surface area contributed by atoms with Gasteiger partial charge < -0.3 is 5.32 Å². The maximum absolute atomic E-state index is 12.7. The number of alkyl halides is 3. The Morgan fingerprint density at radius 1 is 1.18 bits per heavy atom. The molecule has 1 aliphatic rings. The Morgan fingerprint density at radius 2 is 1.93 bits per heavy atom. The van der Waals surface area contributed by atoms with Crippen molar-refractivity contribution in [2.75, 3.05) is 5.32 Å². The molecule has 4 rings (SSSR count). The zero-order valence-corrected chi connectivity index (χ0v) is 14.8. The second kappa shape index (κ2) is 6.74. The fourth-order valence-corrected chi connectivity index (χ4v) is 3.27. The van der Waals surface area contributed by atoms with Crippen LogP contribution < -0.4 is 5.32 Å².